The first kappa shape index (κ1) is 15.1. The van der Waals surface area contributed by atoms with Crippen LogP contribution >= 0.6 is 0 Å². The Bertz CT molecular complexity index is 539. The van der Waals surface area contributed by atoms with Crippen LogP contribution in [0.3, 0.4) is 0 Å². The summed E-state index contributed by atoms with van der Waals surface area (Å²) in [4.78, 5) is 0. The lowest BCUT2D eigenvalue weighted by atomic mass is 10.1. The van der Waals surface area contributed by atoms with Gasteiger partial charge < -0.3 is 10.6 Å². The highest BCUT2D eigenvalue weighted by atomic mass is 32.2. The normalized spacial score (nSPS) is 20.6. The number of anilines is 2. The first-order chi connectivity index (χ1) is 9.42. The van der Waals surface area contributed by atoms with E-state index < -0.39 is 10.0 Å². The second-order valence-electron chi connectivity index (χ2n) is 5.53. The Labute approximate surface area is 121 Å². The Morgan fingerprint density at radius 2 is 2.15 bits per heavy atom. The Kier molecular flexibility index (Phi) is 4.88. The minimum Gasteiger partial charge on any atom is -0.382 e. The Balaban J connectivity index is 1.93. The van der Waals surface area contributed by atoms with Crippen LogP contribution in [0.25, 0.3) is 0 Å². The van der Waals surface area contributed by atoms with Crippen molar-refractivity contribution < 1.29 is 8.42 Å². The molecule has 0 spiro atoms. The largest absolute Gasteiger partial charge is 0.382 e. The molecule has 2 atom stereocenters. The Morgan fingerprint density at radius 1 is 1.40 bits per heavy atom. The van der Waals surface area contributed by atoms with Gasteiger partial charge in [0.2, 0.25) is 10.0 Å². The van der Waals surface area contributed by atoms with Gasteiger partial charge in [-0.3, -0.25) is 4.72 Å². The zero-order valence-electron chi connectivity index (χ0n) is 12.0. The molecule has 3 N–H and O–H groups in total. The molecule has 5 nitrogen and oxygen atoms in total. The number of benzene rings is 1. The first-order valence-corrected chi connectivity index (χ1v) is 8.89. The number of hydrogen-bond donors (Lipinski definition) is 3. The second-order valence-corrected chi connectivity index (χ2v) is 7.28. The standard InChI is InChI=1S/C14H23N3O2S/c1-11(9-12-7-4-8-15-12)16-13-5-3-6-14(10-13)17-20(2,18)19/h3,5-6,10-12,15-17H,4,7-9H2,1-2H3. The van der Waals surface area contributed by atoms with Crippen LogP contribution in [0.4, 0.5) is 11.4 Å². The molecule has 0 aliphatic carbocycles. The molecule has 1 aliphatic rings. The quantitative estimate of drug-likeness (QED) is 0.751. The van der Waals surface area contributed by atoms with Gasteiger partial charge in [0.05, 0.1) is 11.9 Å². The van der Waals surface area contributed by atoms with Crippen molar-refractivity contribution in [3.8, 4) is 0 Å². The summed E-state index contributed by atoms with van der Waals surface area (Å²) in [5.74, 6) is 0. The number of hydrogen-bond acceptors (Lipinski definition) is 4. The third-order valence-electron chi connectivity index (χ3n) is 3.38. The number of nitrogens with one attached hydrogen (secondary N) is 3. The van der Waals surface area contributed by atoms with Crippen molar-refractivity contribution in [2.24, 2.45) is 0 Å². The maximum atomic E-state index is 11.2. The van der Waals surface area contributed by atoms with E-state index in [-0.39, 0.29) is 0 Å². The van der Waals surface area contributed by atoms with Crippen molar-refractivity contribution >= 4 is 21.4 Å². The fourth-order valence-corrected chi connectivity index (χ4v) is 3.17. The average Bonchev–Trinajstić information content (AvgIpc) is 2.79. The molecule has 0 amide bonds. The van der Waals surface area contributed by atoms with Crippen LogP contribution in [0.2, 0.25) is 0 Å². The SMILES string of the molecule is CC(CC1CCCN1)Nc1cccc(NS(C)(=O)=O)c1. The zero-order chi connectivity index (χ0) is 14.6. The highest BCUT2D eigenvalue weighted by Crippen LogP contribution is 2.19. The van der Waals surface area contributed by atoms with Gasteiger partial charge in [-0.2, -0.15) is 0 Å². The minimum absolute atomic E-state index is 0.346. The van der Waals surface area contributed by atoms with E-state index in [1.807, 2.05) is 18.2 Å². The molecule has 20 heavy (non-hydrogen) atoms. The van der Waals surface area contributed by atoms with Crippen molar-refractivity contribution in [2.75, 3.05) is 22.8 Å². The summed E-state index contributed by atoms with van der Waals surface area (Å²) < 4.78 is 24.9. The molecule has 1 aromatic rings. The van der Waals surface area contributed by atoms with Crippen LogP contribution in [0.1, 0.15) is 26.2 Å². The summed E-state index contributed by atoms with van der Waals surface area (Å²) in [6.45, 7) is 3.27. The molecular formula is C14H23N3O2S. The first-order valence-electron chi connectivity index (χ1n) is 7.00. The predicted octanol–water partition coefficient (Wildman–Crippen LogP) is 2.00. The number of sulfonamides is 1. The fraction of sp³-hybridized carbons (Fsp3) is 0.571. The van der Waals surface area contributed by atoms with Gasteiger partial charge in [-0.15, -0.1) is 0 Å². The van der Waals surface area contributed by atoms with E-state index in [9.17, 15) is 8.42 Å². The molecule has 2 rings (SSSR count). The minimum atomic E-state index is -3.23. The van der Waals surface area contributed by atoms with Gasteiger partial charge in [0.25, 0.3) is 0 Å². The molecule has 1 aromatic carbocycles. The molecule has 1 saturated heterocycles. The summed E-state index contributed by atoms with van der Waals surface area (Å²) in [6, 6.07) is 8.30. The van der Waals surface area contributed by atoms with E-state index in [4.69, 9.17) is 0 Å². The van der Waals surface area contributed by atoms with Gasteiger partial charge >= 0.3 is 0 Å². The van der Waals surface area contributed by atoms with E-state index >= 15 is 0 Å². The van der Waals surface area contributed by atoms with E-state index in [0.29, 0.717) is 17.8 Å². The van der Waals surface area contributed by atoms with Crippen molar-refractivity contribution in [1.82, 2.24) is 5.32 Å². The van der Waals surface area contributed by atoms with Gasteiger partial charge in [-0.05, 0) is 50.9 Å². The summed E-state index contributed by atoms with van der Waals surface area (Å²) in [6.07, 6.45) is 4.72. The molecular weight excluding hydrogens is 274 g/mol. The summed E-state index contributed by atoms with van der Waals surface area (Å²) in [5, 5.41) is 6.90. The van der Waals surface area contributed by atoms with Crippen molar-refractivity contribution in [2.45, 2.75) is 38.3 Å². The third kappa shape index (κ3) is 5.02. The van der Waals surface area contributed by atoms with Gasteiger partial charge in [-0.1, -0.05) is 6.07 Å². The lowest BCUT2D eigenvalue weighted by Gasteiger charge is -2.19. The zero-order valence-corrected chi connectivity index (χ0v) is 12.8. The monoisotopic (exact) mass is 297 g/mol. The second kappa shape index (κ2) is 6.45. The lowest BCUT2D eigenvalue weighted by molar-refractivity contribution is 0.523. The van der Waals surface area contributed by atoms with E-state index in [0.717, 1.165) is 24.9 Å². The third-order valence-corrected chi connectivity index (χ3v) is 3.99. The Hall–Kier alpha value is -1.27. The summed E-state index contributed by atoms with van der Waals surface area (Å²) in [7, 11) is -3.23. The van der Waals surface area contributed by atoms with E-state index in [1.165, 1.54) is 12.8 Å². The van der Waals surface area contributed by atoms with E-state index in [1.54, 1.807) is 6.07 Å². The molecule has 0 bridgehead atoms. The summed E-state index contributed by atoms with van der Waals surface area (Å²) in [5.41, 5.74) is 1.52. The molecule has 6 heteroatoms. The van der Waals surface area contributed by atoms with Crippen molar-refractivity contribution in [1.29, 1.82) is 0 Å². The van der Waals surface area contributed by atoms with Gasteiger partial charge in [-0.25, -0.2) is 8.42 Å². The summed E-state index contributed by atoms with van der Waals surface area (Å²) >= 11 is 0. The predicted molar refractivity (Wildman–Crippen MR) is 83.6 cm³/mol. The van der Waals surface area contributed by atoms with Crippen LogP contribution in [0, 0.1) is 0 Å². The highest BCUT2D eigenvalue weighted by molar-refractivity contribution is 7.92. The molecule has 0 radical (unpaired) electrons. The molecule has 1 heterocycles. The maximum Gasteiger partial charge on any atom is 0.229 e. The highest BCUT2D eigenvalue weighted by Gasteiger charge is 2.16. The Morgan fingerprint density at radius 3 is 2.80 bits per heavy atom. The molecule has 112 valence electrons. The maximum absolute atomic E-state index is 11.2. The molecule has 2 unspecified atom stereocenters. The topological polar surface area (TPSA) is 70.2 Å². The average molecular weight is 297 g/mol. The van der Waals surface area contributed by atoms with E-state index in [2.05, 4.69) is 22.3 Å². The van der Waals surface area contributed by atoms with Crippen LogP contribution in [-0.4, -0.2) is 33.3 Å². The van der Waals surface area contributed by atoms with Gasteiger partial charge in [0, 0.05) is 17.8 Å². The molecule has 1 fully saturated rings. The fourth-order valence-electron chi connectivity index (χ4n) is 2.61. The lowest BCUT2D eigenvalue weighted by Crippen LogP contribution is -2.29. The van der Waals surface area contributed by atoms with Gasteiger partial charge in [0.1, 0.15) is 0 Å². The van der Waals surface area contributed by atoms with Gasteiger partial charge in [0.15, 0.2) is 0 Å². The van der Waals surface area contributed by atoms with Crippen LogP contribution < -0.4 is 15.4 Å². The smallest absolute Gasteiger partial charge is 0.229 e. The molecule has 0 saturated carbocycles. The number of rotatable bonds is 6. The van der Waals surface area contributed by atoms with Crippen molar-refractivity contribution in [3.63, 3.8) is 0 Å². The molecule has 1 aliphatic heterocycles. The van der Waals surface area contributed by atoms with Crippen LogP contribution in [-0.2, 0) is 10.0 Å². The van der Waals surface area contributed by atoms with Crippen LogP contribution in [0.15, 0.2) is 24.3 Å². The molecule has 0 aromatic heterocycles. The van der Waals surface area contributed by atoms with Crippen LogP contribution in [0.5, 0.6) is 0 Å². The van der Waals surface area contributed by atoms with Crippen molar-refractivity contribution in [3.05, 3.63) is 24.3 Å².